The van der Waals surface area contributed by atoms with Crippen LogP contribution in [0.1, 0.15) is 33.4 Å². The van der Waals surface area contributed by atoms with Crippen LogP contribution in [0, 0.1) is 0 Å². The maximum Gasteiger partial charge on any atom is 0.0708 e. The fraction of sp³-hybridized carbons (Fsp3) is 0.0769. The third-order valence-corrected chi connectivity index (χ3v) is 5.86. The number of hydrogen-bond donors (Lipinski definition) is 2. The van der Waals surface area contributed by atoms with Crippen molar-refractivity contribution in [2.45, 2.75) is 11.8 Å². The Balaban J connectivity index is 1.98. The van der Waals surface area contributed by atoms with Gasteiger partial charge < -0.3 is 11.5 Å². The Hall–Kier alpha value is -3.52. The topological polar surface area (TPSA) is 52.0 Å². The first kappa shape index (κ1) is 16.6. The molecular weight excluding hydrogens is 340 g/mol. The summed E-state index contributed by atoms with van der Waals surface area (Å²) in [6.07, 6.45) is 0.929. The molecule has 0 heterocycles. The number of anilines is 2. The molecule has 1 aliphatic carbocycles. The predicted octanol–water partition coefficient (Wildman–Crippen LogP) is 5.14. The molecule has 0 radical (unpaired) electrons. The number of nitrogen functional groups attached to an aromatic ring is 2. The lowest BCUT2D eigenvalue weighted by Crippen LogP contribution is -2.36. The molecule has 0 fully saturated rings. The molecule has 0 unspecified atom stereocenters. The second kappa shape index (κ2) is 6.28. The predicted molar refractivity (Wildman–Crippen MR) is 116 cm³/mol. The van der Waals surface area contributed by atoms with Gasteiger partial charge in [0.05, 0.1) is 5.41 Å². The Morgan fingerprint density at radius 1 is 0.536 bits per heavy atom. The maximum absolute atomic E-state index is 6.25. The molecule has 28 heavy (non-hydrogen) atoms. The van der Waals surface area contributed by atoms with E-state index in [1.807, 2.05) is 24.3 Å². The van der Waals surface area contributed by atoms with Crippen molar-refractivity contribution >= 4 is 11.4 Å². The maximum atomic E-state index is 6.25. The summed E-state index contributed by atoms with van der Waals surface area (Å²) < 4.78 is 0. The Bertz CT molecular complexity index is 1080. The molecule has 0 spiro atoms. The number of benzene rings is 4. The van der Waals surface area contributed by atoms with Crippen molar-refractivity contribution in [3.05, 3.63) is 130 Å². The van der Waals surface area contributed by atoms with Gasteiger partial charge >= 0.3 is 0 Å². The quantitative estimate of drug-likeness (QED) is 0.427. The first-order valence-corrected chi connectivity index (χ1v) is 9.58. The largest absolute Gasteiger partial charge is 0.399 e. The highest BCUT2D eigenvalue weighted by Gasteiger charge is 2.43. The molecule has 0 bridgehead atoms. The fourth-order valence-corrected chi connectivity index (χ4v) is 4.76. The molecule has 0 amide bonds. The van der Waals surface area contributed by atoms with E-state index in [1.54, 1.807) is 0 Å². The average Bonchev–Trinajstić information content (AvgIpc) is 2.72. The van der Waals surface area contributed by atoms with Gasteiger partial charge in [0.2, 0.25) is 0 Å². The van der Waals surface area contributed by atoms with Crippen molar-refractivity contribution in [1.29, 1.82) is 0 Å². The van der Waals surface area contributed by atoms with Gasteiger partial charge in [-0.3, -0.25) is 0 Å². The van der Waals surface area contributed by atoms with E-state index in [2.05, 4.69) is 72.8 Å². The van der Waals surface area contributed by atoms with Gasteiger partial charge in [0.25, 0.3) is 0 Å². The van der Waals surface area contributed by atoms with E-state index in [-0.39, 0.29) is 0 Å². The molecule has 2 nitrogen and oxygen atoms in total. The van der Waals surface area contributed by atoms with E-state index >= 15 is 0 Å². The van der Waals surface area contributed by atoms with Gasteiger partial charge in [-0.2, -0.15) is 0 Å². The van der Waals surface area contributed by atoms with Crippen LogP contribution in [-0.4, -0.2) is 0 Å². The van der Waals surface area contributed by atoms with E-state index in [0.29, 0.717) is 0 Å². The minimum absolute atomic E-state index is 0.448. The molecule has 0 saturated heterocycles. The van der Waals surface area contributed by atoms with Gasteiger partial charge in [-0.1, -0.05) is 72.8 Å². The van der Waals surface area contributed by atoms with E-state index < -0.39 is 5.41 Å². The average molecular weight is 362 g/mol. The second-order valence-electron chi connectivity index (χ2n) is 7.49. The molecule has 5 rings (SSSR count). The van der Waals surface area contributed by atoms with Crippen LogP contribution in [0.4, 0.5) is 11.4 Å². The van der Waals surface area contributed by atoms with Gasteiger partial charge in [0.15, 0.2) is 0 Å². The number of rotatable bonds is 2. The number of fused-ring (bicyclic) bond motifs is 2. The zero-order valence-corrected chi connectivity index (χ0v) is 15.6. The summed E-state index contributed by atoms with van der Waals surface area (Å²) in [6, 6.07) is 34.0. The van der Waals surface area contributed by atoms with Crippen LogP contribution >= 0.6 is 0 Å². The van der Waals surface area contributed by atoms with Crippen LogP contribution < -0.4 is 11.5 Å². The zero-order chi connectivity index (χ0) is 19.1. The number of hydrogen-bond acceptors (Lipinski definition) is 2. The Morgan fingerprint density at radius 2 is 1.00 bits per heavy atom. The molecule has 1 aliphatic rings. The molecular formula is C26H22N2. The van der Waals surface area contributed by atoms with E-state index in [1.165, 1.54) is 22.3 Å². The zero-order valence-electron chi connectivity index (χ0n) is 15.6. The highest BCUT2D eigenvalue weighted by Crippen LogP contribution is 2.51. The smallest absolute Gasteiger partial charge is 0.0708 e. The molecule has 4 N–H and O–H groups in total. The second-order valence-corrected chi connectivity index (χ2v) is 7.49. The van der Waals surface area contributed by atoms with E-state index in [0.717, 1.165) is 28.9 Å². The summed E-state index contributed by atoms with van der Waals surface area (Å²) >= 11 is 0. The highest BCUT2D eigenvalue weighted by atomic mass is 14.6. The van der Waals surface area contributed by atoms with Gasteiger partial charge in [-0.15, -0.1) is 0 Å². The van der Waals surface area contributed by atoms with Crippen LogP contribution in [0.5, 0.6) is 0 Å². The molecule has 0 saturated carbocycles. The molecule has 0 aliphatic heterocycles. The summed E-state index contributed by atoms with van der Waals surface area (Å²) in [7, 11) is 0. The standard InChI is InChI=1S/C26H22N2/c27-22-11-5-9-20(16-22)26(21-10-6-12-23(28)17-21)24-13-3-1-7-18(24)15-19-8-2-4-14-25(19)26/h1-14,16-17H,15,27-28H2. The first-order chi connectivity index (χ1) is 13.7. The molecule has 0 atom stereocenters. The van der Waals surface area contributed by atoms with Crippen LogP contribution in [0.15, 0.2) is 97.1 Å². The summed E-state index contributed by atoms with van der Waals surface area (Å²) in [4.78, 5) is 0. The van der Waals surface area contributed by atoms with E-state index in [9.17, 15) is 0 Å². The summed E-state index contributed by atoms with van der Waals surface area (Å²) in [5.41, 5.74) is 21.2. The van der Waals surface area contributed by atoms with Crippen molar-refractivity contribution < 1.29 is 0 Å². The summed E-state index contributed by atoms with van der Waals surface area (Å²) in [5.74, 6) is 0. The third-order valence-electron chi connectivity index (χ3n) is 5.86. The first-order valence-electron chi connectivity index (χ1n) is 9.58. The normalized spacial score (nSPS) is 14.1. The highest BCUT2D eigenvalue weighted by molar-refractivity contribution is 5.68. The molecule has 0 aromatic heterocycles. The van der Waals surface area contributed by atoms with Crippen molar-refractivity contribution in [1.82, 2.24) is 0 Å². The lowest BCUT2D eigenvalue weighted by atomic mass is 9.59. The van der Waals surface area contributed by atoms with Gasteiger partial charge in [-0.25, -0.2) is 0 Å². The Morgan fingerprint density at radius 3 is 1.46 bits per heavy atom. The van der Waals surface area contributed by atoms with Crippen molar-refractivity contribution in [3.63, 3.8) is 0 Å². The monoisotopic (exact) mass is 362 g/mol. The molecule has 136 valence electrons. The SMILES string of the molecule is Nc1cccc(C2(c3cccc(N)c3)c3ccccc3Cc3ccccc32)c1. The van der Waals surface area contributed by atoms with Crippen molar-refractivity contribution in [2.24, 2.45) is 0 Å². The van der Waals surface area contributed by atoms with E-state index in [4.69, 9.17) is 11.5 Å². The third kappa shape index (κ3) is 2.35. The van der Waals surface area contributed by atoms with Crippen molar-refractivity contribution in [2.75, 3.05) is 11.5 Å². The number of nitrogens with two attached hydrogens (primary N) is 2. The lowest BCUT2D eigenvalue weighted by molar-refractivity contribution is 0.704. The minimum atomic E-state index is -0.448. The summed E-state index contributed by atoms with van der Waals surface area (Å²) in [5, 5.41) is 0. The lowest BCUT2D eigenvalue weighted by Gasteiger charge is -2.42. The van der Waals surface area contributed by atoms with Crippen LogP contribution in [0.25, 0.3) is 0 Å². The van der Waals surface area contributed by atoms with Gasteiger partial charge in [-0.05, 0) is 64.1 Å². The van der Waals surface area contributed by atoms with Gasteiger partial charge in [0, 0.05) is 11.4 Å². The molecule has 4 aromatic rings. The Labute approximate surface area is 165 Å². The fourth-order valence-electron chi connectivity index (χ4n) is 4.76. The van der Waals surface area contributed by atoms with Gasteiger partial charge in [0.1, 0.15) is 0 Å². The van der Waals surface area contributed by atoms with Crippen LogP contribution in [0.2, 0.25) is 0 Å². The van der Waals surface area contributed by atoms with Crippen LogP contribution in [0.3, 0.4) is 0 Å². The molecule has 4 aromatic carbocycles. The Kier molecular flexibility index (Phi) is 3.73. The van der Waals surface area contributed by atoms with Crippen molar-refractivity contribution in [3.8, 4) is 0 Å². The summed E-state index contributed by atoms with van der Waals surface area (Å²) in [6.45, 7) is 0. The minimum Gasteiger partial charge on any atom is -0.399 e. The molecule has 2 heteroatoms. The van der Waals surface area contributed by atoms with Crippen LogP contribution in [-0.2, 0) is 11.8 Å².